The highest BCUT2D eigenvalue weighted by atomic mass is 16.6. The van der Waals surface area contributed by atoms with E-state index in [9.17, 15) is 10.1 Å². The van der Waals surface area contributed by atoms with Crippen LogP contribution >= 0.6 is 0 Å². The number of nitro benzene ring substituents is 1. The topological polar surface area (TPSA) is 59.5 Å². The van der Waals surface area contributed by atoms with Crippen LogP contribution in [0.25, 0.3) is 11.0 Å². The van der Waals surface area contributed by atoms with Crippen LogP contribution < -0.4 is 0 Å². The minimum absolute atomic E-state index is 0.0500. The van der Waals surface area contributed by atoms with Crippen molar-refractivity contribution in [1.29, 1.82) is 0 Å². The van der Waals surface area contributed by atoms with Crippen LogP contribution in [0, 0.1) is 10.1 Å². The Morgan fingerprint density at radius 3 is 2.84 bits per heavy atom. The maximum Gasteiger partial charge on any atom is 0.312 e. The number of hydrogen-bond acceptors (Lipinski definition) is 4. The van der Waals surface area contributed by atoms with Crippen molar-refractivity contribution in [1.82, 2.24) is 4.90 Å². The van der Waals surface area contributed by atoms with E-state index in [1.54, 1.807) is 6.07 Å². The number of nitrogens with zero attached hydrogens (tertiary/aromatic N) is 2. The minimum atomic E-state index is -0.379. The zero-order valence-electron chi connectivity index (χ0n) is 11.2. The van der Waals surface area contributed by atoms with Gasteiger partial charge in [0.25, 0.3) is 0 Å². The van der Waals surface area contributed by atoms with Crippen molar-refractivity contribution in [2.24, 2.45) is 0 Å². The molecule has 0 fully saturated rings. The number of nitro groups is 1. The van der Waals surface area contributed by atoms with E-state index < -0.39 is 0 Å². The molecule has 0 amide bonds. The van der Waals surface area contributed by atoms with Crippen molar-refractivity contribution in [3.63, 3.8) is 0 Å². The van der Waals surface area contributed by atoms with E-state index in [0.717, 1.165) is 23.3 Å². The molecular weight excluding hydrogens is 244 g/mol. The minimum Gasteiger partial charge on any atom is -0.453 e. The first-order valence-electron chi connectivity index (χ1n) is 6.40. The van der Waals surface area contributed by atoms with Gasteiger partial charge in [0.1, 0.15) is 5.76 Å². The Balaban J connectivity index is 2.34. The van der Waals surface area contributed by atoms with Crippen LogP contribution in [0.15, 0.2) is 22.6 Å². The molecule has 1 aromatic heterocycles. The molecule has 2 aromatic rings. The number of benzene rings is 1. The molecule has 5 heteroatoms. The zero-order valence-corrected chi connectivity index (χ0v) is 11.2. The second kappa shape index (κ2) is 4.06. The van der Waals surface area contributed by atoms with Crippen molar-refractivity contribution < 1.29 is 9.34 Å². The van der Waals surface area contributed by atoms with E-state index in [1.807, 2.05) is 6.07 Å². The summed E-state index contributed by atoms with van der Waals surface area (Å²) in [6.45, 7) is 5.11. The first-order valence-corrected chi connectivity index (χ1v) is 6.40. The maximum atomic E-state index is 11.1. The molecule has 1 aliphatic heterocycles. The summed E-state index contributed by atoms with van der Waals surface area (Å²) in [4.78, 5) is 13.0. The molecule has 0 spiro atoms. The van der Waals surface area contributed by atoms with Gasteiger partial charge in [-0.3, -0.25) is 15.0 Å². The molecular formula is C14H16N2O3. The lowest BCUT2D eigenvalue weighted by Crippen LogP contribution is -2.31. The first-order chi connectivity index (χ1) is 9.00. The van der Waals surface area contributed by atoms with Gasteiger partial charge < -0.3 is 4.42 Å². The molecule has 0 saturated carbocycles. The summed E-state index contributed by atoms with van der Waals surface area (Å²) in [5.74, 6) is 1.15. The van der Waals surface area contributed by atoms with Crippen LogP contribution in [0.3, 0.4) is 0 Å². The lowest BCUT2D eigenvalue weighted by molar-refractivity contribution is -0.383. The third-order valence-corrected chi connectivity index (χ3v) is 4.05. The molecule has 0 radical (unpaired) electrons. The summed E-state index contributed by atoms with van der Waals surface area (Å²) in [6, 6.07) is 5.35. The molecule has 0 saturated heterocycles. The van der Waals surface area contributed by atoms with Crippen LogP contribution in [0.5, 0.6) is 0 Å². The highest BCUT2D eigenvalue weighted by Gasteiger charge is 2.33. The van der Waals surface area contributed by atoms with E-state index in [2.05, 4.69) is 25.8 Å². The van der Waals surface area contributed by atoms with Crippen molar-refractivity contribution in [2.45, 2.75) is 25.8 Å². The average Bonchev–Trinajstić information content (AvgIpc) is 2.75. The Kier molecular flexibility index (Phi) is 2.60. The molecule has 19 heavy (non-hydrogen) atoms. The van der Waals surface area contributed by atoms with Gasteiger partial charge in [0.15, 0.2) is 0 Å². The van der Waals surface area contributed by atoms with Gasteiger partial charge >= 0.3 is 5.69 Å². The second-order valence-corrected chi connectivity index (χ2v) is 5.31. The lowest BCUT2D eigenvalue weighted by Gasteiger charge is -2.32. The van der Waals surface area contributed by atoms with Gasteiger partial charge in [0, 0.05) is 35.5 Å². The summed E-state index contributed by atoms with van der Waals surface area (Å²) < 4.78 is 5.85. The number of furan rings is 1. The number of likely N-dealkylation sites (N-methyl/N-ethyl adjacent to an activating group) is 1. The van der Waals surface area contributed by atoms with Crippen LogP contribution in [0.4, 0.5) is 5.69 Å². The van der Waals surface area contributed by atoms with Gasteiger partial charge in [-0.15, -0.1) is 0 Å². The Hall–Kier alpha value is -1.88. The normalized spacial score (nSPS) is 23.5. The third kappa shape index (κ3) is 1.65. The molecule has 100 valence electrons. The highest BCUT2D eigenvalue weighted by Crippen LogP contribution is 2.43. The fraction of sp³-hybridized carbons (Fsp3) is 0.429. The van der Waals surface area contributed by atoms with E-state index >= 15 is 0 Å². The van der Waals surface area contributed by atoms with Gasteiger partial charge in [-0.25, -0.2) is 0 Å². The monoisotopic (exact) mass is 260 g/mol. The van der Waals surface area contributed by atoms with Crippen LogP contribution in [-0.2, 0) is 0 Å². The van der Waals surface area contributed by atoms with Gasteiger partial charge in [0.2, 0.25) is 5.58 Å². The third-order valence-electron chi connectivity index (χ3n) is 4.05. The Bertz CT molecular complexity index is 662. The molecule has 0 N–H and O–H groups in total. The van der Waals surface area contributed by atoms with E-state index in [1.165, 1.54) is 6.07 Å². The quantitative estimate of drug-likeness (QED) is 0.582. The zero-order chi connectivity index (χ0) is 13.7. The maximum absolute atomic E-state index is 11.1. The largest absolute Gasteiger partial charge is 0.453 e. The highest BCUT2D eigenvalue weighted by molar-refractivity contribution is 5.90. The van der Waals surface area contributed by atoms with Gasteiger partial charge in [-0.1, -0.05) is 19.1 Å². The molecule has 0 aliphatic carbocycles. The molecule has 1 aliphatic rings. The van der Waals surface area contributed by atoms with Crippen molar-refractivity contribution in [3.8, 4) is 0 Å². The molecule has 0 bridgehead atoms. The van der Waals surface area contributed by atoms with Crippen molar-refractivity contribution >= 4 is 16.7 Å². The molecule has 1 aromatic carbocycles. The fourth-order valence-corrected chi connectivity index (χ4v) is 2.98. The number of non-ortho nitro benzene ring substituents is 1. The first kappa shape index (κ1) is 12.2. The van der Waals surface area contributed by atoms with Crippen LogP contribution in [-0.4, -0.2) is 23.4 Å². The standard InChI is InChI=1S/C14H16N2O3/c1-8-7-15(3)9(2)12-10-5-4-6-11(16(17)18)14(10)19-13(8)12/h4-6,8-9H,7H2,1-3H3/t8-,9-/m0/s1. The second-order valence-electron chi connectivity index (χ2n) is 5.31. The van der Waals surface area contributed by atoms with Crippen molar-refractivity contribution in [2.75, 3.05) is 13.6 Å². The number of fused-ring (bicyclic) bond motifs is 3. The Labute approximate surface area is 111 Å². The predicted octanol–water partition coefficient (Wildman–Crippen LogP) is 3.45. The molecule has 2 heterocycles. The lowest BCUT2D eigenvalue weighted by atomic mass is 9.92. The Morgan fingerprint density at radius 1 is 1.42 bits per heavy atom. The molecule has 3 rings (SSSR count). The van der Waals surface area contributed by atoms with Crippen LogP contribution in [0.2, 0.25) is 0 Å². The summed E-state index contributed by atoms with van der Waals surface area (Å²) in [6.07, 6.45) is 0. The molecule has 5 nitrogen and oxygen atoms in total. The summed E-state index contributed by atoms with van der Waals surface area (Å²) in [7, 11) is 2.07. The van der Waals surface area contributed by atoms with Crippen molar-refractivity contribution in [3.05, 3.63) is 39.6 Å². The van der Waals surface area contributed by atoms with E-state index in [4.69, 9.17) is 4.42 Å². The van der Waals surface area contributed by atoms with Gasteiger partial charge in [-0.05, 0) is 14.0 Å². The summed E-state index contributed by atoms with van der Waals surface area (Å²) in [5.41, 5.74) is 1.56. The molecule has 2 atom stereocenters. The number of para-hydroxylation sites is 1. The van der Waals surface area contributed by atoms with Gasteiger partial charge in [0.05, 0.1) is 4.92 Å². The van der Waals surface area contributed by atoms with Gasteiger partial charge in [-0.2, -0.15) is 0 Å². The van der Waals surface area contributed by atoms with E-state index in [0.29, 0.717) is 5.58 Å². The SMILES string of the molecule is C[C@H]1CN(C)[C@@H](C)c2c1oc1c([N+](=O)[O-])cccc21. The smallest absolute Gasteiger partial charge is 0.312 e. The summed E-state index contributed by atoms with van der Waals surface area (Å²) >= 11 is 0. The number of hydrogen-bond donors (Lipinski definition) is 0. The molecule has 0 unspecified atom stereocenters. The fourth-order valence-electron chi connectivity index (χ4n) is 2.98. The number of rotatable bonds is 1. The Morgan fingerprint density at radius 2 is 2.16 bits per heavy atom. The predicted molar refractivity (Wildman–Crippen MR) is 72.3 cm³/mol. The summed E-state index contributed by atoms with van der Waals surface area (Å²) in [5, 5.41) is 12.0. The van der Waals surface area contributed by atoms with E-state index in [-0.39, 0.29) is 22.6 Å². The van der Waals surface area contributed by atoms with Crippen LogP contribution in [0.1, 0.15) is 37.1 Å². The average molecular weight is 260 g/mol.